The number of carbonyl (C=O) groups is 3. The topological polar surface area (TPSA) is 125 Å². The van der Waals surface area contributed by atoms with Gasteiger partial charge >= 0.3 is 11.9 Å². The average molecular weight is 525 g/mol. The number of fused-ring (bicyclic) bond motifs is 3. The number of hydrogen-bond donors (Lipinski definition) is 1. The molecule has 0 aliphatic heterocycles. The lowest BCUT2D eigenvalue weighted by molar-refractivity contribution is -0.113. The van der Waals surface area contributed by atoms with Gasteiger partial charge < -0.3 is 13.9 Å². The zero-order chi connectivity index (χ0) is 26.9. The summed E-state index contributed by atoms with van der Waals surface area (Å²) >= 11 is 1.20. The quantitative estimate of drug-likeness (QED) is 0.256. The number of nitrogens with one attached hydrogen (secondary N) is 1. The summed E-state index contributed by atoms with van der Waals surface area (Å²) in [7, 11) is 0. The molecule has 0 atom stereocenters. The van der Waals surface area contributed by atoms with E-state index < -0.39 is 17.8 Å². The van der Waals surface area contributed by atoms with E-state index in [1.807, 2.05) is 24.3 Å². The SMILES string of the molecule is CCOC(=O)c1c(C)oc(NC(=O)CSc2nnc3cc(C)c4cc(C)cc(C)c4n23)c1C(=O)OCC. The van der Waals surface area contributed by atoms with Gasteiger partial charge in [0.25, 0.3) is 0 Å². The Kier molecular flexibility index (Phi) is 7.53. The van der Waals surface area contributed by atoms with Crippen molar-refractivity contribution in [1.82, 2.24) is 14.6 Å². The smallest absolute Gasteiger partial charge is 0.344 e. The number of carbonyl (C=O) groups excluding carboxylic acids is 3. The van der Waals surface area contributed by atoms with E-state index in [2.05, 4.69) is 34.6 Å². The third-order valence-electron chi connectivity index (χ3n) is 5.73. The number of anilines is 1. The molecule has 0 aliphatic carbocycles. The minimum atomic E-state index is -0.790. The van der Waals surface area contributed by atoms with Gasteiger partial charge in [-0.15, -0.1) is 10.2 Å². The highest BCUT2D eigenvalue weighted by molar-refractivity contribution is 7.99. The molecule has 4 aromatic rings. The summed E-state index contributed by atoms with van der Waals surface area (Å²) in [5, 5.41) is 12.8. The molecule has 0 spiro atoms. The zero-order valence-electron chi connectivity index (χ0n) is 21.6. The number of rotatable bonds is 8. The molecule has 0 radical (unpaired) electrons. The molecule has 194 valence electrons. The molecule has 37 heavy (non-hydrogen) atoms. The molecule has 3 heterocycles. The minimum absolute atomic E-state index is 0.0438. The van der Waals surface area contributed by atoms with Crippen LogP contribution in [0.15, 0.2) is 27.8 Å². The fraction of sp³-hybridized carbons (Fsp3) is 0.346. The molecule has 0 bridgehead atoms. The van der Waals surface area contributed by atoms with Crippen LogP contribution in [-0.2, 0) is 14.3 Å². The lowest BCUT2D eigenvalue weighted by Crippen LogP contribution is -2.18. The molecule has 1 aromatic carbocycles. The van der Waals surface area contributed by atoms with Crippen LogP contribution in [0.4, 0.5) is 5.88 Å². The maximum absolute atomic E-state index is 12.9. The van der Waals surface area contributed by atoms with Gasteiger partial charge in [-0.05, 0) is 64.8 Å². The second-order valence-electron chi connectivity index (χ2n) is 8.50. The summed E-state index contributed by atoms with van der Waals surface area (Å²) in [6.45, 7) is 11.1. The Bertz CT molecular complexity index is 1540. The second-order valence-corrected chi connectivity index (χ2v) is 9.44. The van der Waals surface area contributed by atoms with Crippen molar-refractivity contribution in [3.8, 4) is 0 Å². The molecule has 0 unspecified atom stereocenters. The predicted molar refractivity (Wildman–Crippen MR) is 139 cm³/mol. The standard InChI is InChI=1S/C26H28N4O6S/c1-7-34-24(32)20-16(6)36-23(21(20)25(33)35-8-2)27-19(31)12-37-26-29-28-18-11-14(4)17-10-13(3)9-15(5)22(17)30(18)26/h9-11H,7-8,12H2,1-6H3,(H,27,31). The molecule has 0 saturated heterocycles. The third kappa shape index (κ3) is 5.04. The van der Waals surface area contributed by atoms with Gasteiger partial charge in [-0.25, -0.2) is 9.59 Å². The van der Waals surface area contributed by atoms with Gasteiger partial charge in [0.1, 0.15) is 16.9 Å². The maximum atomic E-state index is 12.9. The van der Waals surface area contributed by atoms with Crippen LogP contribution in [0, 0.1) is 27.7 Å². The maximum Gasteiger partial charge on any atom is 0.344 e. The first kappa shape index (κ1) is 26.2. The number of esters is 2. The molecule has 4 rings (SSSR count). The summed E-state index contributed by atoms with van der Waals surface area (Å²) in [5.74, 6) is -2.05. The highest BCUT2D eigenvalue weighted by atomic mass is 32.2. The largest absolute Gasteiger partial charge is 0.462 e. The number of aromatic nitrogens is 3. The molecule has 0 saturated carbocycles. The number of benzene rings is 1. The third-order valence-corrected chi connectivity index (χ3v) is 6.65. The molecular weight excluding hydrogens is 496 g/mol. The lowest BCUT2D eigenvalue weighted by atomic mass is 10.0. The Morgan fingerprint density at radius 3 is 2.30 bits per heavy atom. The number of pyridine rings is 1. The first-order valence-electron chi connectivity index (χ1n) is 11.8. The molecule has 1 amide bonds. The molecule has 3 aromatic heterocycles. The van der Waals surface area contributed by atoms with Crippen LogP contribution < -0.4 is 5.32 Å². The van der Waals surface area contributed by atoms with Crippen molar-refractivity contribution >= 4 is 52.0 Å². The minimum Gasteiger partial charge on any atom is -0.462 e. The molecule has 1 N–H and O–H groups in total. The van der Waals surface area contributed by atoms with E-state index >= 15 is 0 Å². The molecule has 0 aliphatic rings. The summed E-state index contributed by atoms with van der Waals surface area (Å²) in [4.78, 5) is 38.0. The van der Waals surface area contributed by atoms with Gasteiger partial charge in [-0.3, -0.25) is 14.5 Å². The first-order valence-corrected chi connectivity index (χ1v) is 12.8. The van der Waals surface area contributed by atoms with Gasteiger partial charge in [0, 0.05) is 5.39 Å². The van der Waals surface area contributed by atoms with Crippen molar-refractivity contribution in [1.29, 1.82) is 0 Å². The first-order chi connectivity index (χ1) is 17.7. The Morgan fingerprint density at radius 1 is 0.946 bits per heavy atom. The van der Waals surface area contributed by atoms with Crippen LogP contribution in [0.3, 0.4) is 0 Å². The van der Waals surface area contributed by atoms with E-state index in [-0.39, 0.29) is 41.7 Å². The van der Waals surface area contributed by atoms with Crippen molar-refractivity contribution in [2.45, 2.75) is 46.7 Å². The normalized spacial score (nSPS) is 11.2. The zero-order valence-corrected chi connectivity index (χ0v) is 22.4. The molecule has 10 nitrogen and oxygen atoms in total. The van der Waals surface area contributed by atoms with E-state index in [1.165, 1.54) is 18.7 Å². The Morgan fingerprint density at radius 2 is 1.62 bits per heavy atom. The van der Waals surface area contributed by atoms with Crippen LogP contribution in [0.1, 0.15) is 57.0 Å². The van der Waals surface area contributed by atoms with Crippen LogP contribution in [0.5, 0.6) is 0 Å². The summed E-state index contributed by atoms with van der Waals surface area (Å²) in [5.41, 5.74) is 4.75. The van der Waals surface area contributed by atoms with Gasteiger partial charge in [-0.2, -0.15) is 0 Å². The van der Waals surface area contributed by atoms with Crippen molar-refractivity contribution in [3.05, 3.63) is 51.8 Å². The van der Waals surface area contributed by atoms with Crippen LogP contribution in [0.25, 0.3) is 16.6 Å². The van der Waals surface area contributed by atoms with Crippen LogP contribution in [0.2, 0.25) is 0 Å². The Hall–Kier alpha value is -3.86. The Labute approximate surface area is 217 Å². The van der Waals surface area contributed by atoms with Crippen molar-refractivity contribution in [2.24, 2.45) is 0 Å². The molecule has 11 heteroatoms. The number of furan rings is 1. The predicted octanol–water partition coefficient (Wildman–Crippen LogP) is 4.79. The fourth-order valence-corrected chi connectivity index (χ4v) is 5.02. The van der Waals surface area contributed by atoms with Crippen LogP contribution >= 0.6 is 11.8 Å². The fourth-order valence-electron chi connectivity index (χ4n) is 4.28. The van der Waals surface area contributed by atoms with Gasteiger partial charge in [-0.1, -0.05) is 23.4 Å². The second kappa shape index (κ2) is 10.6. The van der Waals surface area contributed by atoms with Crippen molar-refractivity contribution in [2.75, 3.05) is 24.3 Å². The van der Waals surface area contributed by atoms with Gasteiger partial charge in [0.2, 0.25) is 11.8 Å². The summed E-state index contributed by atoms with van der Waals surface area (Å²) < 4.78 is 17.7. The van der Waals surface area contributed by atoms with E-state index in [1.54, 1.807) is 13.8 Å². The van der Waals surface area contributed by atoms with Gasteiger partial charge in [0.05, 0.1) is 24.5 Å². The number of thioether (sulfide) groups is 1. The van der Waals surface area contributed by atoms with Crippen molar-refractivity contribution < 1.29 is 28.3 Å². The van der Waals surface area contributed by atoms with Gasteiger partial charge in [0.15, 0.2) is 10.8 Å². The van der Waals surface area contributed by atoms with Crippen molar-refractivity contribution in [3.63, 3.8) is 0 Å². The lowest BCUT2D eigenvalue weighted by Gasteiger charge is -2.11. The highest BCUT2D eigenvalue weighted by Crippen LogP contribution is 2.31. The van der Waals surface area contributed by atoms with E-state index in [0.29, 0.717) is 10.8 Å². The number of amides is 1. The number of aryl methyl sites for hydroxylation is 4. The van der Waals surface area contributed by atoms with E-state index in [0.717, 1.165) is 27.6 Å². The number of ether oxygens (including phenoxy) is 2. The highest BCUT2D eigenvalue weighted by Gasteiger charge is 2.31. The van der Waals surface area contributed by atoms with E-state index in [4.69, 9.17) is 13.9 Å². The molecule has 0 fully saturated rings. The van der Waals surface area contributed by atoms with E-state index in [9.17, 15) is 14.4 Å². The summed E-state index contributed by atoms with van der Waals surface area (Å²) in [6, 6.07) is 6.18. The summed E-state index contributed by atoms with van der Waals surface area (Å²) in [6.07, 6.45) is 0. The number of hydrogen-bond acceptors (Lipinski definition) is 9. The Balaban J connectivity index is 1.62. The number of nitrogens with zero attached hydrogens (tertiary/aromatic N) is 3. The average Bonchev–Trinajstić information content (AvgIpc) is 3.38. The van der Waals surface area contributed by atoms with Crippen LogP contribution in [-0.4, -0.2) is 51.4 Å². The monoisotopic (exact) mass is 524 g/mol. The molecular formula is C26H28N4O6S.